The molecule has 0 atom stereocenters. The Morgan fingerprint density at radius 3 is 2.40 bits per heavy atom. The van der Waals surface area contributed by atoms with Crippen molar-refractivity contribution in [3.05, 3.63) is 34.9 Å². The van der Waals surface area contributed by atoms with Crippen molar-refractivity contribution in [3.8, 4) is 0 Å². The van der Waals surface area contributed by atoms with Crippen LogP contribution in [0.1, 0.15) is 28.4 Å². The molecule has 0 fully saturated rings. The zero-order chi connectivity index (χ0) is 15.1. The van der Waals surface area contributed by atoms with E-state index in [0.717, 1.165) is 11.1 Å². The van der Waals surface area contributed by atoms with Crippen molar-refractivity contribution in [2.24, 2.45) is 0 Å². The molecular formula is C14H17NO5. The maximum atomic E-state index is 11.7. The number of imide groups is 1. The SMILES string of the molecule is CCOC(=O)NC(=O)COC(=O)c1ccc(C)c(C)c1. The van der Waals surface area contributed by atoms with Crippen molar-refractivity contribution >= 4 is 18.0 Å². The zero-order valence-corrected chi connectivity index (χ0v) is 11.7. The molecule has 0 aliphatic heterocycles. The van der Waals surface area contributed by atoms with Crippen LogP contribution < -0.4 is 5.32 Å². The van der Waals surface area contributed by atoms with Crippen LogP contribution in [0.15, 0.2) is 18.2 Å². The number of carbonyl (C=O) groups is 3. The molecule has 1 rings (SSSR count). The molecule has 0 saturated carbocycles. The average molecular weight is 279 g/mol. The van der Waals surface area contributed by atoms with Crippen molar-refractivity contribution in [2.45, 2.75) is 20.8 Å². The first-order valence-corrected chi connectivity index (χ1v) is 6.15. The van der Waals surface area contributed by atoms with Crippen LogP contribution in [0.3, 0.4) is 0 Å². The molecule has 1 aromatic rings. The highest BCUT2D eigenvalue weighted by Crippen LogP contribution is 2.10. The summed E-state index contributed by atoms with van der Waals surface area (Å²) in [5, 5.41) is 1.93. The molecular weight excluding hydrogens is 262 g/mol. The highest BCUT2D eigenvalue weighted by Gasteiger charge is 2.13. The second kappa shape index (κ2) is 7.28. The molecule has 0 spiro atoms. The highest BCUT2D eigenvalue weighted by atomic mass is 16.6. The maximum Gasteiger partial charge on any atom is 0.413 e. The molecule has 0 saturated heterocycles. The Morgan fingerprint density at radius 2 is 1.80 bits per heavy atom. The molecule has 20 heavy (non-hydrogen) atoms. The van der Waals surface area contributed by atoms with E-state index in [1.54, 1.807) is 25.1 Å². The number of esters is 1. The van der Waals surface area contributed by atoms with Crippen LogP contribution in [0.2, 0.25) is 0 Å². The number of hydrogen-bond donors (Lipinski definition) is 1. The minimum Gasteiger partial charge on any atom is -0.452 e. The Bertz CT molecular complexity index is 524. The molecule has 0 aliphatic rings. The maximum absolute atomic E-state index is 11.7. The molecule has 0 unspecified atom stereocenters. The number of amides is 2. The topological polar surface area (TPSA) is 81.7 Å². The summed E-state index contributed by atoms with van der Waals surface area (Å²) in [7, 11) is 0. The van der Waals surface area contributed by atoms with E-state index in [1.807, 2.05) is 19.2 Å². The normalized spacial score (nSPS) is 9.75. The van der Waals surface area contributed by atoms with Gasteiger partial charge >= 0.3 is 12.1 Å². The summed E-state index contributed by atoms with van der Waals surface area (Å²) < 4.78 is 9.33. The monoisotopic (exact) mass is 279 g/mol. The van der Waals surface area contributed by atoms with Gasteiger partial charge in [-0.3, -0.25) is 10.1 Å². The van der Waals surface area contributed by atoms with E-state index in [0.29, 0.717) is 5.56 Å². The van der Waals surface area contributed by atoms with E-state index in [4.69, 9.17) is 4.74 Å². The van der Waals surface area contributed by atoms with Gasteiger partial charge in [0.05, 0.1) is 12.2 Å². The number of ether oxygens (including phenoxy) is 2. The number of rotatable bonds is 4. The van der Waals surface area contributed by atoms with Crippen LogP contribution in [0.25, 0.3) is 0 Å². The summed E-state index contributed by atoms with van der Waals surface area (Å²) in [5.74, 6) is -1.35. The quantitative estimate of drug-likeness (QED) is 0.849. The van der Waals surface area contributed by atoms with Gasteiger partial charge < -0.3 is 9.47 Å². The lowest BCUT2D eigenvalue weighted by Gasteiger charge is -2.07. The number of nitrogens with one attached hydrogen (secondary N) is 1. The highest BCUT2D eigenvalue weighted by molar-refractivity contribution is 5.95. The number of hydrogen-bond acceptors (Lipinski definition) is 5. The van der Waals surface area contributed by atoms with E-state index >= 15 is 0 Å². The van der Waals surface area contributed by atoms with Crippen molar-refractivity contribution in [2.75, 3.05) is 13.2 Å². The van der Waals surface area contributed by atoms with Gasteiger partial charge in [0, 0.05) is 0 Å². The largest absolute Gasteiger partial charge is 0.452 e. The number of alkyl carbamates (subject to hydrolysis) is 1. The summed E-state index contributed by atoms with van der Waals surface area (Å²) in [4.78, 5) is 34.0. The van der Waals surface area contributed by atoms with E-state index in [2.05, 4.69) is 4.74 Å². The summed E-state index contributed by atoms with van der Waals surface area (Å²) in [6.45, 7) is 5.03. The molecule has 1 N–H and O–H groups in total. The Morgan fingerprint density at radius 1 is 1.10 bits per heavy atom. The van der Waals surface area contributed by atoms with Crippen LogP contribution in [-0.2, 0) is 14.3 Å². The third-order valence-corrected chi connectivity index (χ3v) is 2.59. The first kappa shape index (κ1) is 15.7. The fraction of sp³-hybridized carbons (Fsp3) is 0.357. The van der Waals surface area contributed by atoms with E-state index in [1.165, 1.54) is 0 Å². The average Bonchev–Trinajstić information content (AvgIpc) is 2.39. The van der Waals surface area contributed by atoms with Crippen molar-refractivity contribution in [3.63, 3.8) is 0 Å². The third kappa shape index (κ3) is 4.72. The molecule has 0 aliphatic carbocycles. The first-order chi connectivity index (χ1) is 9.43. The van der Waals surface area contributed by atoms with Gasteiger partial charge in [0.1, 0.15) is 0 Å². The minimum atomic E-state index is -0.861. The fourth-order valence-electron chi connectivity index (χ4n) is 1.40. The van der Waals surface area contributed by atoms with Gasteiger partial charge in [0.25, 0.3) is 5.91 Å². The standard InChI is InChI=1S/C14H17NO5/c1-4-19-14(18)15-12(16)8-20-13(17)11-6-5-9(2)10(3)7-11/h5-7H,4,8H2,1-3H3,(H,15,16,18). The molecule has 6 nitrogen and oxygen atoms in total. The van der Waals surface area contributed by atoms with Crippen LogP contribution in [0.5, 0.6) is 0 Å². The molecule has 0 bridgehead atoms. The van der Waals surface area contributed by atoms with Crippen molar-refractivity contribution in [1.82, 2.24) is 5.32 Å². The van der Waals surface area contributed by atoms with Crippen LogP contribution in [-0.4, -0.2) is 31.2 Å². The van der Waals surface area contributed by atoms with Crippen LogP contribution in [0, 0.1) is 13.8 Å². The summed E-state index contributed by atoms with van der Waals surface area (Å²) >= 11 is 0. The summed E-state index contributed by atoms with van der Waals surface area (Å²) in [6, 6.07) is 5.10. The van der Waals surface area contributed by atoms with Crippen molar-refractivity contribution in [1.29, 1.82) is 0 Å². The summed E-state index contributed by atoms with van der Waals surface area (Å²) in [5.41, 5.74) is 2.37. The van der Waals surface area contributed by atoms with Gasteiger partial charge in [-0.25, -0.2) is 9.59 Å². The van der Waals surface area contributed by atoms with Crippen LogP contribution in [0.4, 0.5) is 4.79 Å². The Hall–Kier alpha value is -2.37. The summed E-state index contributed by atoms with van der Waals surface area (Å²) in [6.07, 6.45) is -0.861. The lowest BCUT2D eigenvalue weighted by atomic mass is 10.1. The van der Waals surface area contributed by atoms with Gasteiger partial charge in [-0.05, 0) is 44.0 Å². The zero-order valence-electron chi connectivity index (χ0n) is 11.7. The van der Waals surface area contributed by atoms with Crippen LogP contribution >= 0.6 is 0 Å². The lowest BCUT2D eigenvalue weighted by molar-refractivity contribution is -0.123. The third-order valence-electron chi connectivity index (χ3n) is 2.59. The molecule has 108 valence electrons. The van der Waals surface area contributed by atoms with Gasteiger partial charge in [0.15, 0.2) is 6.61 Å². The Balaban J connectivity index is 2.48. The smallest absolute Gasteiger partial charge is 0.413 e. The molecule has 6 heteroatoms. The second-order valence-electron chi connectivity index (χ2n) is 4.14. The molecule has 0 aromatic heterocycles. The molecule has 0 heterocycles. The predicted molar refractivity (Wildman–Crippen MR) is 71.4 cm³/mol. The first-order valence-electron chi connectivity index (χ1n) is 6.15. The van der Waals surface area contributed by atoms with Gasteiger partial charge in [-0.2, -0.15) is 0 Å². The van der Waals surface area contributed by atoms with E-state index in [9.17, 15) is 14.4 Å². The lowest BCUT2D eigenvalue weighted by Crippen LogP contribution is -2.34. The van der Waals surface area contributed by atoms with Gasteiger partial charge in [-0.15, -0.1) is 0 Å². The Kier molecular flexibility index (Phi) is 5.71. The van der Waals surface area contributed by atoms with E-state index in [-0.39, 0.29) is 6.61 Å². The predicted octanol–water partition coefficient (Wildman–Crippen LogP) is 1.73. The Labute approximate surface area is 117 Å². The molecule has 0 radical (unpaired) electrons. The molecule has 2 amide bonds. The van der Waals surface area contributed by atoms with E-state index < -0.39 is 24.6 Å². The van der Waals surface area contributed by atoms with Gasteiger partial charge in [0.2, 0.25) is 0 Å². The van der Waals surface area contributed by atoms with Gasteiger partial charge in [-0.1, -0.05) is 6.07 Å². The fourth-order valence-corrected chi connectivity index (χ4v) is 1.40. The number of benzene rings is 1. The number of aryl methyl sites for hydroxylation is 2. The van der Waals surface area contributed by atoms with Crippen molar-refractivity contribution < 1.29 is 23.9 Å². The number of carbonyl (C=O) groups excluding carboxylic acids is 3. The molecule has 1 aromatic carbocycles. The minimum absolute atomic E-state index is 0.154. The second-order valence-corrected chi connectivity index (χ2v) is 4.14.